The third-order valence-electron chi connectivity index (χ3n) is 5.42. The highest BCUT2D eigenvalue weighted by Crippen LogP contribution is 2.39. The van der Waals surface area contributed by atoms with Crippen molar-refractivity contribution in [3.63, 3.8) is 0 Å². The van der Waals surface area contributed by atoms with Crippen LogP contribution in [0.15, 0.2) is 84.9 Å². The summed E-state index contributed by atoms with van der Waals surface area (Å²) in [5, 5.41) is 5.46. The molecule has 0 atom stereocenters. The van der Waals surface area contributed by atoms with Crippen LogP contribution in [-0.2, 0) is 12.6 Å². The van der Waals surface area contributed by atoms with E-state index < -0.39 is 22.7 Å². The van der Waals surface area contributed by atoms with Gasteiger partial charge >= 0.3 is 6.18 Å². The first kappa shape index (κ1) is 25.1. The smallest absolute Gasteiger partial charge is 0.385 e. The second-order valence-electron chi connectivity index (χ2n) is 8.00. The maximum absolute atomic E-state index is 13.5. The Balaban J connectivity index is 1.50. The second-order valence-corrected chi connectivity index (χ2v) is 8.41. The number of hydrogen-bond acceptors (Lipinski definition) is 4. The molecule has 4 rings (SSSR count). The van der Waals surface area contributed by atoms with Gasteiger partial charge in [0, 0.05) is 35.6 Å². The van der Waals surface area contributed by atoms with Crippen molar-refractivity contribution in [3.05, 3.63) is 107 Å². The van der Waals surface area contributed by atoms with Crippen molar-refractivity contribution in [3.8, 4) is 11.1 Å². The van der Waals surface area contributed by atoms with Gasteiger partial charge in [-0.05, 0) is 59.7 Å². The van der Waals surface area contributed by atoms with Gasteiger partial charge in [-0.2, -0.15) is 13.2 Å². The Hall–Kier alpha value is -4.04. The maximum atomic E-state index is 13.5. The lowest BCUT2D eigenvalue weighted by Crippen LogP contribution is -2.16. The van der Waals surface area contributed by atoms with Crippen LogP contribution >= 0.6 is 11.6 Å². The molecule has 1 amide bonds. The molecule has 1 aromatic heterocycles. The molecule has 0 fully saturated rings. The number of halogens is 4. The number of carbonyl (C=O) groups is 1. The molecule has 0 aliphatic carbocycles. The van der Waals surface area contributed by atoms with E-state index in [1.54, 1.807) is 60.7 Å². The molecule has 0 radical (unpaired) electrons. The second kappa shape index (κ2) is 10.7. The molecule has 0 bridgehead atoms. The van der Waals surface area contributed by atoms with Gasteiger partial charge in [0.25, 0.3) is 5.91 Å². The van der Waals surface area contributed by atoms with Crippen LogP contribution in [0.4, 0.5) is 30.4 Å². The van der Waals surface area contributed by atoms with E-state index in [1.807, 2.05) is 12.1 Å². The fourth-order valence-corrected chi connectivity index (χ4v) is 3.95. The first-order valence-corrected chi connectivity index (χ1v) is 11.4. The predicted molar refractivity (Wildman–Crippen MR) is 137 cm³/mol. The van der Waals surface area contributed by atoms with Gasteiger partial charge in [0.1, 0.15) is 5.82 Å². The Morgan fingerprint density at radius 3 is 2.28 bits per heavy atom. The summed E-state index contributed by atoms with van der Waals surface area (Å²) in [5.41, 5.74) is 7.49. The number of amides is 1. The zero-order chi connectivity index (χ0) is 25.7. The quantitative estimate of drug-likeness (QED) is 0.252. The molecule has 4 N–H and O–H groups in total. The van der Waals surface area contributed by atoms with Crippen LogP contribution in [0.25, 0.3) is 11.1 Å². The van der Waals surface area contributed by atoms with Gasteiger partial charge in [-0.25, -0.2) is 4.98 Å². The van der Waals surface area contributed by atoms with Crippen molar-refractivity contribution < 1.29 is 18.0 Å². The predicted octanol–water partition coefficient (Wildman–Crippen LogP) is 6.91. The van der Waals surface area contributed by atoms with Crippen molar-refractivity contribution in [1.29, 1.82) is 0 Å². The number of nitrogens with two attached hydrogens (primary N) is 1. The van der Waals surface area contributed by atoms with Crippen molar-refractivity contribution in [2.75, 3.05) is 22.9 Å². The summed E-state index contributed by atoms with van der Waals surface area (Å²) in [6, 6.07) is 22.9. The fraction of sp³-hybridized carbons (Fsp3) is 0.111. The highest BCUT2D eigenvalue weighted by atomic mass is 35.5. The normalized spacial score (nSPS) is 11.2. The number of anilines is 3. The summed E-state index contributed by atoms with van der Waals surface area (Å²) in [6.07, 6.45) is -4.03. The summed E-state index contributed by atoms with van der Waals surface area (Å²) in [7, 11) is 0. The molecule has 0 saturated carbocycles. The standard InChI is InChI=1S/C27H22ClF3N4O/c28-24-16-21(17-5-2-1-3-6-17)22(15-23(24)27(29,30)31)26(36)35-20-11-9-18(10-12-20)33-14-13-19-7-4-8-25(32)34-19/h1-12,15-16,33H,13-14H2,(H2,32,34)(H,35,36). The highest BCUT2D eigenvalue weighted by Gasteiger charge is 2.35. The van der Waals surface area contributed by atoms with Gasteiger partial charge in [-0.1, -0.05) is 48.0 Å². The molecule has 9 heteroatoms. The Labute approximate surface area is 211 Å². The maximum Gasteiger partial charge on any atom is 0.417 e. The molecule has 36 heavy (non-hydrogen) atoms. The zero-order valence-corrected chi connectivity index (χ0v) is 19.7. The molecule has 0 aliphatic rings. The van der Waals surface area contributed by atoms with Crippen LogP contribution in [0.3, 0.4) is 0 Å². The number of rotatable bonds is 7. The summed E-state index contributed by atoms with van der Waals surface area (Å²) in [6.45, 7) is 0.619. The molecule has 5 nitrogen and oxygen atoms in total. The summed E-state index contributed by atoms with van der Waals surface area (Å²) in [5.74, 6) is -0.212. The fourth-order valence-electron chi connectivity index (χ4n) is 3.68. The number of nitrogens with zero attached hydrogens (tertiary/aromatic N) is 1. The minimum atomic E-state index is -4.70. The number of hydrogen-bond donors (Lipinski definition) is 3. The SMILES string of the molecule is Nc1cccc(CCNc2ccc(NC(=O)c3cc(C(F)(F)F)c(Cl)cc3-c3ccccc3)cc2)n1. The van der Waals surface area contributed by atoms with E-state index >= 15 is 0 Å². The number of benzene rings is 3. The lowest BCUT2D eigenvalue weighted by atomic mass is 9.96. The minimum Gasteiger partial charge on any atom is -0.385 e. The van der Waals surface area contributed by atoms with Crippen molar-refractivity contribution in [2.45, 2.75) is 12.6 Å². The number of aromatic nitrogens is 1. The van der Waals surface area contributed by atoms with Gasteiger partial charge in [0.15, 0.2) is 0 Å². The number of carbonyl (C=O) groups excluding carboxylic acids is 1. The molecule has 0 spiro atoms. The molecular weight excluding hydrogens is 489 g/mol. The Morgan fingerprint density at radius 1 is 0.917 bits per heavy atom. The van der Waals surface area contributed by atoms with E-state index in [0.717, 1.165) is 17.4 Å². The van der Waals surface area contributed by atoms with Crippen molar-refractivity contribution in [2.24, 2.45) is 0 Å². The van der Waals surface area contributed by atoms with E-state index in [4.69, 9.17) is 17.3 Å². The molecule has 4 aromatic rings. The third-order valence-corrected chi connectivity index (χ3v) is 5.74. The number of alkyl halides is 3. The lowest BCUT2D eigenvalue weighted by Gasteiger charge is -2.16. The Morgan fingerprint density at radius 2 is 1.61 bits per heavy atom. The van der Waals surface area contributed by atoms with Crippen LogP contribution in [0.5, 0.6) is 0 Å². The van der Waals surface area contributed by atoms with E-state index in [1.165, 1.54) is 6.07 Å². The summed E-state index contributed by atoms with van der Waals surface area (Å²) >= 11 is 5.94. The monoisotopic (exact) mass is 510 g/mol. The molecule has 3 aromatic carbocycles. The van der Waals surface area contributed by atoms with Gasteiger partial charge in [0.05, 0.1) is 10.6 Å². The molecule has 0 saturated heterocycles. The first-order valence-electron chi connectivity index (χ1n) is 11.0. The first-order chi connectivity index (χ1) is 17.2. The average molecular weight is 511 g/mol. The Kier molecular flexibility index (Phi) is 7.45. The van der Waals surface area contributed by atoms with E-state index in [0.29, 0.717) is 35.6 Å². The van der Waals surface area contributed by atoms with Gasteiger partial charge in [0.2, 0.25) is 0 Å². The molecular formula is C27H22ClF3N4O. The summed E-state index contributed by atoms with van der Waals surface area (Å²) in [4.78, 5) is 17.3. The number of nitrogen functional groups attached to an aromatic ring is 1. The van der Waals surface area contributed by atoms with Crippen LogP contribution in [0, 0.1) is 0 Å². The van der Waals surface area contributed by atoms with Gasteiger partial charge in [-0.15, -0.1) is 0 Å². The van der Waals surface area contributed by atoms with E-state index in [9.17, 15) is 18.0 Å². The zero-order valence-electron chi connectivity index (χ0n) is 18.9. The van der Waals surface area contributed by atoms with Crippen molar-refractivity contribution >= 4 is 34.7 Å². The largest absolute Gasteiger partial charge is 0.417 e. The van der Waals surface area contributed by atoms with Crippen LogP contribution in [-0.4, -0.2) is 17.4 Å². The molecule has 0 aliphatic heterocycles. The van der Waals surface area contributed by atoms with E-state index in [2.05, 4.69) is 15.6 Å². The Bertz CT molecular complexity index is 1360. The van der Waals surface area contributed by atoms with Gasteiger partial charge in [-0.3, -0.25) is 4.79 Å². The van der Waals surface area contributed by atoms with Crippen LogP contribution in [0.2, 0.25) is 5.02 Å². The molecule has 184 valence electrons. The minimum absolute atomic E-state index is 0.130. The molecule has 0 unspecified atom stereocenters. The van der Waals surface area contributed by atoms with Crippen molar-refractivity contribution in [1.82, 2.24) is 4.98 Å². The van der Waals surface area contributed by atoms with Crippen LogP contribution in [0.1, 0.15) is 21.6 Å². The topological polar surface area (TPSA) is 80.0 Å². The highest BCUT2D eigenvalue weighted by molar-refractivity contribution is 6.32. The number of nitrogens with one attached hydrogen (secondary N) is 2. The molecule has 1 heterocycles. The third kappa shape index (κ3) is 6.14. The summed E-state index contributed by atoms with van der Waals surface area (Å²) < 4.78 is 40.5. The van der Waals surface area contributed by atoms with E-state index in [-0.39, 0.29) is 5.56 Å². The lowest BCUT2D eigenvalue weighted by molar-refractivity contribution is -0.137. The van der Waals surface area contributed by atoms with Crippen LogP contribution < -0.4 is 16.4 Å². The number of pyridine rings is 1. The van der Waals surface area contributed by atoms with Gasteiger partial charge < -0.3 is 16.4 Å². The average Bonchev–Trinajstić information content (AvgIpc) is 2.85.